The van der Waals surface area contributed by atoms with E-state index < -0.39 is 11.2 Å². The quantitative estimate of drug-likeness (QED) is 0.268. The Balaban J connectivity index is 1.78. The van der Waals surface area contributed by atoms with Crippen LogP contribution in [0.5, 0.6) is 0 Å². The van der Waals surface area contributed by atoms with Crippen LogP contribution in [0, 0.1) is 6.92 Å². The Morgan fingerprint density at radius 3 is 2.58 bits per heavy atom. The molecule has 2 aliphatic heterocycles. The number of anilines is 1. The van der Waals surface area contributed by atoms with E-state index in [4.69, 9.17) is 4.74 Å². The molecule has 178 valence electrons. The third-order valence-electron chi connectivity index (χ3n) is 5.68. The summed E-state index contributed by atoms with van der Waals surface area (Å²) in [5.41, 5.74) is 2.54. The van der Waals surface area contributed by atoms with Gasteiger partial charge in [0.1, 0.15) is 0 Å². The monoisotopic (exact) mass is 455 g/mol. The van der Waals surface area contributed by atoms with Crippen LogP contribution in [0.15, 0.2) is 21.7 Å². The van der Waals surface area contributed by atoms with Crippen molar-refractivity contribution < 1.29 is 9.53 Å². The third-order valence-corrected chi connectivity index (χ3v) is 5.68. The van der Waals surface area contributed by atoms with Crippen LogP contribution in [0.2, 0.25) is 0 Å². The van der Waals surface area contributed by atoms with Gasteiger partial charge < -0.3 is 14.2 Å². The van der Waals surface area contributed by atoms with Crippen molar-refractivity contribution >= 4 is 22.7 Å². The highest BCUT2D eigenvalue weighted by Crippen LogP contribution is 2.28. The number of fused-ring (bicyclic) bond motifs is 2. The van der Waals surface area contributed by atoms with Gasteiger partial charge in [-0.25, -0.2) is 9.78 Å². The molecule has 0 bridgehead atoms. The molecule has 1 aromatic carbocycles. The number of aromatic amines is 1. The van der Waals surface area contributed by atoms with Crippen LogP contribution in [-0.4, -0.2) is 46.2 Å². The Hall–Kier alpha value is -3.23. The minimum Gasteiger partial charge on any atom is -0.466 e. The summed E-state index contributed by atoms with van der Waals surface area (Å²) in [5.74, 6) is 0.159. The first-order chi connectivity index (χ1) is 15.8. The molecule has 0 fully saturated rings. The highest BCUT2D eigenvalue weighted by molar-refractivity contribution is 5.84. The number of esters is 1. The summed E-state index contributed by atoms with van der Waals surface area (Å²) in [5, 5.41) is 0. The SMILES string of the molecule is CCCCOC(=O)CCCCCCn1c2nc(=O)[nH]c(=O)c-2nc2cc(C)c(N(C)C)cc21. The van der Waals surface area contributed by atoms with E-state index in [1.165, 1.54) is 0 Å². The lowest BCUT2D eigenvalue weighted by Gasteiger charge is -2.21. The first kappa shape index (κ1) is 24.4. The standard InChI is InChI=1S/C24H33N5O4/c1-5-6-13-33-20(30)11-9-7-8-10-12-29-19-15-18(28(3)4)16(2)14-17(19)25-21-22(29)26-24(32)27-23(21)31/h14-15H,5-13H2,1-4H3,(H,27,31,32). The number of carbonyl (C=O) groups is 1. The van der Waals surface area contributed by atoms with E-state index in [0.29, 0.717) is 30.9 Å². The summed E-state index contributed by atoms with van der Waals surface area (Å²) in [6, 6.07) is 3.98. The van der Waals surface area contributed by atoms with Gasteiger partial charge in [-0.1, -0.05) is 26.2 Å². The second-order valence-corrected chi connectivity index (χ2v) is 8.57. The van der Waals surface area contributed by atoms with Crippen LogP contribution in [-0.2, 0) is 16.1 Å². The molecule has 0 spiro atoms. The molecular weight excluding hydrogens is 422 g/mol. The van der Waals surface area contributed by atoms with Gasteiger partial charge in [-0.15, -0.1) is 0 Å². The Labute approximate surface area is 193 Å². The average molecular weight is 456 g/mol. The normalized spacial score (nSPS) is 11.3. The number of carbonyl (C=O) groups excluding carboxylic acids is 1. The van der Waals surface area contributed by atoms with E-state index in [0.717, 1.165) is 55.3 Å². The zero-order valence-corrected chi connectivity index (χ0v) is 19.9. The summed E-state index contributed by atoms with van der Waals surface area (Å²) in [7, 11) is 3.94. The van der Waals surface area contributed by atoms with Crippen molar-refractivity contribution in [2.75, 3.05) is 25.6 Å². The number of nitrogens with one attached hydrogen (secondary N) is 1. The lowest BCUT2D eigenvalue weighted by molar-refractivity contribution is -0.143. The molecule has 9 heteroatoms. The van der Waals surface area contributed by atoms with Crippen LogP contribution >= 0.6 is 0 Å². The van der Waals surface area contributed by atoms with Crippen LogP contribution in [0.3, 0.4) is 0 Å². The van der Waals surface area contributed by atoms with Crippen LogP contribution in [0.1, 0.15) is 57.4 Å². The van der Waals surface area contributed by atoms with Gasteiger partial charge in [-0.05, 0) is 43.9 Å². The minimum atomic E-state index is -0.677. The van der Waals surface area contributed by atoms with E-state index in [-0.39, 0.29) is 11.7 Å². The molecule has 2 heterocycles. The van der Waals surface area contributed by atoms with Gasteiger partial charge in [0.2, 0.25) is 0 Å². The number of aryl methyl sites for hydroxylation is 2. The molecule has 0 aromatic heterocycles. The maximum atomic E-state index is 12.4. The number of hydrogen-bond donors (Lipinski definition) is 1. The predicted molar refractivity (Wildman–Crippen MR) is 129 cm³/mol. The summed E-state index contributed by atoms with van der Waals surface area (Å²) in [6.45, 7) is 5.15. The Bertz CT molecular complexity index is 1200. The molecule has 33 heavy (non-hydrogen) atoms. The van der Waals surface area contributed by atoms with Gasteiger partial charge in [0.15, 0.2) is 11.5 Å². The molecule has 0 radical (unpaired) electrons. The van der Waals surface area contributed by atoms with Crippen molar-refractivity contribution in [2.24, 2.45) is 0 Å². The molecule has 0 atom stereocenters. The van der Waals surface area contributed by atoms with E-state index in [1.807, 2.05) is 42.6 Å². The van der Waals surface area contributed by atoms with Crippen molar-refractivity contribution in [2.45, 2.75) is 65.3 Å². The summed E-state index contributed by atoms with van der Waals surface area (Å²) < 4.78 is 7.11. The van der Waals surface area contributed by atoms with E-state index >= 15 is 0 Å². The second kappa shape index (κ2) is 11.1. The molecular formula is C24H33N5O4. The first-order valence-electron chi connectivity index (χ1n) is 11.6. The maximum Gasteiger partial charge on any atom is 0.349 e. The average Bonchev–Trinajstić information content (AvgIpc) is 2.75. The number of aromatic nitrogens is 4. The Morgan fingerprint density at radius 1 is 1.09 bits per heavy atom. The predicted octanol–water partition coefficient (Wildman–Crippen LogP) is 3.25. The summed E-state index contributed by atoms with van der Waals surface area (Å²) in [4.78, 5) is 48.9. The van der Waals surface area contributed by atoms with Gasteiger partial charge in [0, 0.05) is 32.7 Å². The fourth-order valence-electron chi connectivity index (χ4n) is 3.94. The largest absolute Gasteiger partial charge is 0.466 e. The molecule has 0 amide bonds. The Kier molecular flexibility index (Phi) is 8.19. The number of H-pyrrole nitrogens is 1. The molecule has 9 nitrogen and oxygen atoms in total. The number of rotatable bonds is 11. The number of benzene rings is 1. The van der Waals surface area contributed by atoms with E-state index in [1.54, 1.807) is 0 Å². The van der Waals surface area contributed by atoms with Crippen LogP contribution < -0.4 is 16.1 Å². The molecule has 0 aliphatic carbocycles. The van der Waals surface area contributed by atoms with E-state index in [9.17, 15) is 14.4 Å². The Morgan fingerprint density at radius 2 is 1.85 bits per heavy atom. The topological polar surface area (TPSA) is 110 Å². The van der Waals surface area contributed by atoms with Crippen LogP contribution in [0.25, 0.3) is 22.6 Å². The highest BCUT2D eigenvalue weighted by Gasteiger charge is 2.19. The first-order valence-corrected chi connectivity index (χ1v) is 11.6. The van der Waals surface area contributed by atoms with Gasteiger partial charge >= 0.3 is 11.7 Å². The number of unbranched alkanes of at least 4 members (excludes halogenated alkanes) is 4. The van der Waals surface area contributed by atoms with Gasteiger partial charge in [-0.3, -0.25) is 14.6 Å². The molecule has 1 aromatic rings. The molecule has 1 N–H and O–H groups in total. The van der Waals surface area contributed by atoms with Crippen molar-refractivity contribution in [1.82, 2.24) is 19.5 Å². The van der Waals surface area contributed by atoms with Crippen molar-refractivity contribution in [3.63, 3.8) is 0 Å². The molecule has 0 saturated heterocycles. The van der Waals surface area contributed by atoms with Crippen molar-refractivity contribution in [1.29, 1.82) is 0 Å². The lowest BCUT2D eigenvalue weighted by Crippen LogP contribution is -2.29. The van der Waals surface area contributed by atoms with Gasteiger partial charge in [0.05, 0.1) is 17.6 Å². The molecule has 0 unspecified atom stereocenters. The molecule has 2 aliphatic rings. The maximum absolute atomic E-state index is 12.4. The highest BCUT2D eigenvalue weighted by atomic mass is 16.5. The number of hydrogen-bond acceptors (Lipinski definition) is 7. The number of nitrogens with zero attached hydrogens (tertiary/aromatic N) is 4. The molecule has 0 saturated carbocycles. The van der Waals surface area contributed by atoms with Crippen molar-refractivity contribution in [3.05, 3.63) is 38.5 Å². The summed E-state index contributed by atoms with van der Waals surface area (Å²) >= 11 is 0. The fraction of sp³-hybridized carbons (Fsp3) is 0.542. The van der Waals surface area contributed by atoms with Crippen LogP contribution in [0.4, 0.5) is 5.69 Å². The van der Waals surface area contributed by atoms with Crippen molar-refractivity contribution in [3.8, 4) is 11.5 Å². The second-order valence-electron chi connectivity index (χ2n) is 8.57. The van der Waals surface area contributed by atoms with E-state index in [2.05, 4.69) is 21.9 Å². The zero-order valence-electron chi connectivity index (χ0n) is 19.9. The van der Waals surface area contributed by atoms with Gasteiger partial charge in [-0.2, -0.15) is 4.98 Å². The lowest BCUT2D eigenvalue weighted by atomic mass is 10.1. The number of ether oxygens (including phenoxy) is 1. The fourth-order valence-corrected chi connectivity index (χ4v) is 3.94. The van der Waals surface area contributed by atoms with Gasteiger partial charge in [0.25, 0.3) is 5.56 Å². The summed E-state index contributed by atoms with van der Waals surface area (Å²) in [6.07, 6.45) is 5.73. The smallest absolute Gasteiger partial charge is 0.349 e. The minimum absolute atomic E-state index is 0.137. The third kappa shape index (κ3) is 5.97. The zero-order chi connectivity index (χ0) is 24.0. The molecule has 3 rings (SSSR count).